The second-order valence-electron chi connectivity index (χ2n) is 7.49. The van der Waals surface area contributed by atoms with Crippen LogP contribution < -0.4 is 10.2 Å². The number of hydrogen-bond donors (Lipinski definition) is 1. The highest BCUT2D eigenvalue weighted by Gasteiger charge is 2.27. The fraction of sp³-hybridized carbons (Fsp3) is 0.667. The van der Waals surface area contributed by atoms with Crippen LogP contribution in [0.1, 0.15) is 57.1 Å². The number of piperidine rings is 1. The number of nitrogens with one attached hydrogen (secondary N) is 1. The van der Waals surface area contributed by atoms with Crippen LogP contribution >= 0.6 is 0 Å². The summed E-state index contributed by atoms with van der Waals surface area (Å²) in [6.07, 6.45) is 7.88. The molecule has 132 valence electrons. The minimum Gasteiger partial charge on any atom is -0.316 e. The van der Waals surface area contributed by atoms with Gasteiger partial charge < -0.3 is 10.2 Å². The van der Waals surface area contributed by atoms with Gasteiger partial charge in [0.15, 0.2) is 0 Å². The number of hydrogen-bond acceptors (Lipinski definition) is 2. The predicted molar refractivity (Wildman–Crippen MR) is 100 cm³/mol. The lowest BCUT2D eigenvalue weighted by Crippen LogP contribution is -2.39. The molecular weight excluding hydrogens is 296 g/mol. The SMILES string of the molecule is CCC(CC)C(=O)N1CCCc2cc(CC3CCCNC3)ccc21. The Balaban J connectivity index is 1.75. The molecule has 2 aliphatic rings. The van der Waals surface area contributed by atoms with E-state index in [4.69, 9.17) is 0 Å². The lowest BCUT2D eigenvalue weighted by molar-refractivity contribution is -0.122. The second-order valence-corrected chi connectivity index (χ2v) is 7.49. The molecule has 2 aliphatic heterocycles. The molecule has 1 aromatic rings. The zero-order valence-electron chi connectivity index (χ0n) is 15.3. The summed E-state index contributed by atoms with van der Waals surface area (Å²) >= 11 is 0. The van der Waals surface area contributed by atoms with Gasteiger partial charge in [-0.05, 0) is 81.1 Å². The Morgan fingerprint density at radius 3 is 2.83 bits per heavy atom. The molecule has 0 aliphatic carbocycles. The molecular formula is C21H32N2O. The summed E-state index contributed by atoms with van der Waals surface area (Å²) in [7, 11) is 0. The van der Waals surface area contributed by atoms with E-state index in [0.717, 1.165) is 44.7 Å². The molecule has 0 spiro atoms. The number of nitrogens with zero attached hydrogens (tertiary/aromatic N) is 1. The number of carbonyl (C=O) groups is 1. The van der Waals surface area contributed by atoms with Crippen LogP contribution in [0.4, 0.5) is 5.69 Å². The van der Waals surface area contributed by atoms with Crippen molar-refractivity contribution in [1.82, 2.24) is 5.32 Å². The quantitative estimate of drug-likeness (QED) is 0.888. The molecule has 3 nitrogen and oxygen atoms in total. The van der Waals surface area contributed by atoms with E-state index >= 15 is 0 Å². The smallest absolute Gasteiger partial charge is 0.230 e. The number of aryl methyl sites for hydroxylation is 1. The summed E-state index contributed by atoms with van der Waals surface area (Å²) in [6.45, 7) is 7.45. The number of anilines is 1. The van der Waals surface area contributed by atoms with Gasteiger partial charge in [0.25, 0.3) is 0 Å². The maximum absolute atomic E-state index is 12.8. The van der Waals surface area contributed by atoms with Crippen molar-refractivity contribution >= 4 is 11.6 Å². The molecule has 3 rings (SSSR count). The van der Waals surface area contributed by atoms with E-state index in [2.05, 4.69) is 42.3 Å². The molecule has 1 N–H and O–H groups in total. The first-order valence-corrected chi connectivity index (χ1v) is 9.86. The van der Waals surface area contributed by atoms with Gasteiger partial charge in [0.1, 0.15) is 0 Å². The summed E-state index contributed by atoms with van der Waals surface area (Å²) in [6, 6.07) is 6.84. The van der Waals surface area contributed by atoms with Crippen LogP contribution in [0.5, 0.6) is 0 Å². The summed E-state index contributed by atoms with van der Waals surface area (Å²) in [5, 5.41) is 3.51. The standard InChI is InChI=1S/C21H32N2O/c1-3-18(4-2)21(24)23-12-6-8-19-14-16(9-10-20(19)23)13-17-7-5-11-22-15-17/h9-10,14,17-18,22H,3-8,11-13,15H2,1-2H3. The molecule has 1 saturated heterocycles. The molecule has 1 unspecified atom stereocenters. The molecule has 0 radical (unpaired) electrons. The molecule has 0 bridgehead atoms. The van der Waals surface area contributed by atoms with Gasteiger partial charge in [-0.25, -0.2) is 0 Å². The second kappa shape index (κ2) is 8.15. The molecule has 1 atom stereocenters. The zero-order valence-corrected chi connectivity index (χ0v) is 15.3. The van der Waals surface area contributed by atoms with E-state index in [1.54, 1.807) is 0 Å². The molecule has 1 amide bonds. The number of amides is 1. The van der Waals surface area contributed by atoms with E-state index < -0.39 is 0 Å². The summed E-state index contributed by atoms with van der Waals surface area (Å²) in [5.41, 5.74) is 3.99. The van der Waals surface area contributed by atoms with Crippen LogP contribution in [0, 0.1) is 11.8 Å². The summed E-state index contributed by atoms with van der Waals surface area (Å²) < 4.78 is 0. The first-order valence-electron chi connectivity index (χ1n) is 9.86. The van der Waals surface area contributed by atoms with E-state index in [1.807, 2.05) is 0 Å². The van der Waals surface area contributed by atoms with Crippen molar-refractivity contribution in [2.24, 2.45) is 11.8 Å². The van der Waals surface area contributed by atoms with Crippen molar-refractivity contribution in [1.29, 1.82) is 0 Å². The lowest BCUT2D eigenvalue weighted by Gasteiger charge is -2.32. The van der Waals surface area contributed by atoms with Crippen LogP contribution in [0.3, 0.4) is 0 Å². The van der Waals surface area contributed by atoms with Crippen LogP contribution in [-0.4, -0.2) is 25.5 Å². The zero-order chi connectivity index (χ0) is 16.9. The van der Waals surface area contributed by atoms with Crippen LogP contribution in [0.15, 0.2) is 18.2 Å². The van der Waals surface area contributed by atoms with Gasteiger partial charge >= 0.3 is 0 Å². The molecule has 1 aromatic carbocycles. The average Bonchev–Trinajstić information content (AvgIpc) is 2.63. The Labute approximate surface area is 146 Å². The Morgan fingerprint density at radius 1 is 1.29 bits per heavy atom. The first kappa shape index (κ1) is 17.5. The van der Waals surface area contributed by atoms with Crippen LogP contribution in [0.2, 0.25) is 0 Å². The highest BCUT2D eigenvalue weighted by atomic mass is 16.2. The third kappa shape index (κ3) is 3.83. The Hall–Kier alpha value is -1.35. The average molecular weight is 329 g/mol. The van der Waals surface area contributed by atoms with E-state index in [9.17, 15) is 4.79 Å². The maximum atomic E-state index is 12.8. The van der Waals surface area contributed by atoms with E-state index in [-0.39, 0.29) is 5.92 Å². The highest BCUT2D eigenvalue weighted by Crippen LogP contribution is 2.31. The lowest BCUT2D eigenvalue weighted by atomic mass is 9.90. The van der Waals surface area contributed by atoms with Crippen molar-refractivity contribution < 1.29 is 4.79 Å². The van der Waals surface area contributed by atoms with Gasteiger partial charge in [-0.1, -0.05) is 26.0 Å². The normalized spacial score (nSPS) is 21.0. The Morgan fingerprint density at radius 2 is 2.12 bits per heavy atom. The largest absolute Gasteiger partial charge is 0.316 e. The van der Waals surface area contributed by atoms with Gasteiger partial charge in [0.2, 0.25) is 5.91 Å². The predicted octanol–water partition coefficient (Wildman–Crippen LogP) is 3.94. The molecule has 1 fully saturated rings. The number of rotatable bonds is 5. The van der Waals surface area contributed by atoms with Crippen molar-refractivity contribution in [2.75, 3.05) is 24.5 Å². The topological polar surface area (TPSA) is 32.3 Å². The molecule has 24 heavy (non-hydrogen) atoms. The minimum atomic E-state index is 0.170. The third-order valence-electron chi connectivity index (χ3n) is 5.79. The van der Waals surface area contributed by atoms with Crippen molar-refractivity contribution in [3.8, 4) is 0 Å². The maximum Gasteiger partial charge on any atom is 0.230 e. The number of carbonyl (C=O) groups excluding carboxylic acids is 1. The van der Waals surface area contributed by atoms with Crippen LogP contribution in [0.25, 0.3) is 0 Å². The summed E-state index contributed by atoms with van der Waals surface area (Å²) in [4.78, 5) is 14.9. The summed E-state index contributed by atoms with van der Waals surface area (Å²) in [5.74, 6) is 1.26. The van der Waals surface area contributed by atoms with Gasteiger partial charge in [-0.3, -0.25) is 4.79 Å². The molecule has 0 aromatic heterocycles. The van der Waals surface area contributed by atoms with Crippen LogP contribution in [-0.2, 0) is 17.6 Å². The van der Waals surface area contributed by atoms with E-state index in [0.29, 0.717) is 5.91 Å². The van der Waals surface area contributed by atoms with Gasteiger partial charge in [-0.2, -0.15) is 0 Å². The van der Waals surface area contributed by atoms with Gasteiger partial charge in [0.05, 0.1) is 0 Å². The molecule has 3 heteroatoms. The van der Waals surface area contributed by atoms with Gasteiger partial charge in [0, 0.05) is 18.2 Å². The number of fused-ring (bicyclic) bond motifs is 1. The molecule has 0 saturated carbocycles. The first-order chi connectivity index (χ1) is 11.7. The Kier molecular flexibility index (Phi) is 5.94. The van der Waals surface area contributed by atoms with Crippen molar-refractivity contribution in [3.63, 3.8) is 0 Å². The minimum absolute atomic E-state index is 0.170. The Bertz CT molecular complexity index is 559. The fourth-order valence-electron chi connectivity index (χ4n) is 4.30. The highest BCUT2D eigenvalue weighted by molar-refractivity contribution is 5.96. The monoisotopic (exact) mass is 328 g/mol. The molecule has 2 heterocycles. The third-order valence-corrected chi connectivity index (χ3v) is 5.79. The van der Waals surface area contributed by atoms with Crippen molar-refractivity contribution in [3.05, 3.63) is 29.3 Å². The fourth-order valence-corrected chi connectivity index (χ4v) is 4.30. The van der Waals surface area contributed by atoms with Gasteiger partial charge in [-0.15, -0.1) is 0 Å². The van der Waals surface area contributed by atoms with Crippen molar-refractivity contribution in [2.45, 2.75) is 58.8 Å². The number of benzene rings is 1. The van der Waals surface area contributed by atoms with E-state index in [1.165, 1.54) is 42.6 Å².